The molecule has 0 saturated heterocycles. The molecule has 13 aromatic rings. The van der Waals surface area contributed by atoms with E-state index in [1.807, 2.05) is 131 Å². The third-order valence-electron chi connectivity index (χ3n) is 22.5. The number of pyridine rings is 3. The lowest BCUT2D eigenvalue weighted by Gasteiger charge is -2.48. The van der Waals surface area contributed by atoms with E-state index in [2.05, 4.69) is 126 Å². The molecule has 0 amide bonds. The number of rotatable bonds is 16. The Balaban J connectivity index is 0.981. The summed E-state index contributed by atoms with van der Waals surface area (Å²) in [6, 6.07) is 43.8. The van der Waals surface area contributed by atoms with Gasteiger partial charge in [0, 0.05) is 132 Å². The Labute approximate surface area is 599 Å². The topological polar surface area (TPSA) is 172 Å². The Hall–Kier alpha value is -10.9. The fraction of sp³-hybridized carbons (Fsp3) is 0.307. The largest absolute Gasteiger partial charge is 0.422 e. The highest BCUT2D eigenvalue weighted by Crippen LogP contribution is 2.52. The molecule has 0 saturated carbocycles. The molecule has 0 atom stereocenters. The summed E-state index contributed by atoms with van der Waals surface area (Å²) in [5.74, 6) is 0. The molecule has 9 heterocycles. The van der Waals surface area contributed by atoms with E-state index < -0.39 is 22.5 Å². The molecule has 0 unspecified atom stereocenters. The van der Waals surface area contributed by atoms with E-state index in [-0.39, 0.29) is 33.3 Å². The minimum atomic E-state index is -0.593. The zero-order valence-corrected chi connectivity index (χ0v) is 61.7. The molecule has 0 aliphatic carbocycles. The second-order valence-corrected chi connectivity index (χ2v) is 29.3. The van der Waals surface area contributed by atoms with Gasteiger partial charge in [-0.3, -0.25) is 0 Å². The molecule has 0 radical (unpaired) electrons. The molecule has 15 heteroatoms. The van der Waals surface area contributed by atoms with Crippen LogP contribution in [0.5, 0.6) is 0 Å². The zero-order valence-electron chi connectivity index (χ0n) is 61.7. The average molecular weight is 1370 g/mol. The number of aryl methyl sites for hydroxylation is 5. The molecule has 103 heavy (non-hydrogen) atoms. The van der Waals surface area contributed by atoms with Gasteiger partial charge in [-0.05, 0) is 240 Å². The van der Waals surface area contributed by atoms with Crippen LogP contribution >= 0.6 is 0 Å². The summed E-state index contributed by atoms with van der Waals surface area (Å²) in [6.07, 6.45) is 1.93. The maximum Gasteiger partial charge on any atom is 0.346 e. The van der Waals surface area contributed by atoms with Gasteiger partial charge in [0.25, 0.3) is 0 Å². The highest BCUT2D eigenvalue weighted by atomic mass is 16.4. The van der Waals surface area contributed by atoms with Crippen LogP contribution in [0.15, 0.2) is 170 Å². The van der Waals surface area contributed by atoms with E-state index in [0.29, 0.717) is 78.5 Å². The van der Waals surface area contributed by atoms with Gasteiger partial charge in [-0.2, -0.15) is 0 Å². The van der Waals surface area contributed by atoms with Crippen LogP contribution in [-0.2, 0) is 10.8 Å². The summed E-state index contributed by atoms with van der Waals surface area (Å²) in [5, 5.41) is 4.81. The third kappa shape index (κ3) is 11.4. The summed E-state index contributed by atoms with van der Waals surface area (Å²) in [5.41, 5.74) is 16.2. The van der Waals surface area contributed by atoms with Crippen LogP contribution in [0.3, 0.4) is 0 Å². The number of aromatic nitrogens is 3. The van der Waals surface area contributed by atoms with E-state index >= 15 is 9.59 Å². The summed E-state index contributed by atoms with van der Waals surface area (Å²) in [6.45, 7) is 38.2. The van der Waals surface area contributed by atoms with Crippen molar-refractivity contribution >= 4 is 77.4 Å². The van der Waals surface area contributed by atoms with Gasteiger partial charge in [0.2, 0.25) is 0 Å². The Morgan fingerprint density at radius 2 is 0.806 bits per heavy atom. The minimum absolute atomic E-state index is 0.114. The van der Waals surface area contributed by atoms with Crippen molar-refractivity contribution in [3.8, 4) is 78.7 Å². The van der Waals surface area contributed by atoms with Gasteiger partial charge in [0.05, 0.1) is 56.4 Å². The molecule has 0 spiro atoms. The van der Waals surface area contributed by atoms with Crippen molar-refractivity contribution in [2.75, 3.05) is 72.0 Å². The quantitative estimate of drug-likeness (QED) is 0.0836. The first-order valence-electron chi connectivity index (χ1n) is 36.4. The van der Waals surface area contributed by atoms with E-state index in [1.54, 1.807) is 0 Å². The lowest BCUT2D eigenvalue weighted by atomic mass is 9.69. The number of anilines is 4. The minimum Gasteiger partial charge on any atom is -0.422 e. The Morgan fingerprint density at radius 3 is 1.31 bits per heavy atom. The van der Waals surface area contributed by atoms with Gasteiger partial charge in [0.15, 0.2) is 0 Å². The number of hydrogen-bond donors (Lipinski definition) is 0. The average Bonchev–Trinajstić information content (AvgIpc) is 0.713. The van der Waals surface area contributed by atoms with E-state index in [9.17, 15) is 9.59 Å². The van der Waals surface area contributed by atoms with Crippen molar-refractivity contribution in [1.29, 1.82) is 0 Å². The van der Waals surface area contributed by atoms with Gasteiger partial charge < -0.3 is 37.3 Å². The molecular weight excluding hydrogens is 1280 g/mol. The van der Waals surface area contributed by atoms with Crippen LogP contribution in [-0.4, -0.2) is 67.3 Å². The normalized spacial score (nSPS) is 14.0. The maximum absolute atomic E-state index is 15.0. The highest BCUT2D eigenvalue weighted by Gasteiger charge is 2.42. The van der Waals surface area contributed by atoms with Crippen molar-refractivity contribution in [3.63, 3.8) is 0 Å². The number of nitrogens with zero attached hydrogens (tertiary/aromatic N) is 7. The highest BCUT2D eigenvalue weighted by molar-refractivity contribution is 6.08. The number of hydrogen-bond acceptors (Lipinski definition) is 15. The lowest BCUT2D eigenvalue weighted by Crippen LogP contribution is -2.44. The van der Waals surface area contributed by atoms with Gasteiger partial charge in [-0.1, -0.05) is 58.0 Å². The fourth-order valence-corrected chi connectivity index (χ4v) is 16.5. The van der Waals surface area contributed by atoms with Crippen molar-refractivity contribution in [2.45, 2.75) is 128 Å². The molecule has 2 aliphatic heterocycles. The van der Waals surface area contributed by atoms with E-state index in [4.69, 9.17) is 32.6 Å². The van der Waals surface area contributed by atoms with Crippen LogP contribution in [0, 0.1) is 34.6 Å². The summed E-state index contributed by atoms with van der Waals surface area (Å²) in [4.78, 5) is 85.0. The number of fused-ring (bicyclic) bond motifs is 6. The van der Waals surface area contributed by atoms with Crippen molar-refractivity contribution in [2.24, 2.45) is 0 Å². The summed E-state index contributed by atoms with van der Waals surface area (Å²) >= 11 is 0. The number of benzene rings is 6. The van der Waals surface area contributed by atoms with Crippen molar-refractivity contribution in [3.05, 3.63) is 214 Å². The molecule has 7 aromatic heterocycles. The first-order chi connectivity index (χ1) is 49.5. The van der Waals surface area contributed by atoms with Crippen molar-refractivity contribution in [1.82, 2.24) is 15.0 Å². The second kappa shape index (κ2) is 25.8. The predicted octanol–water partition coefficient (Wildman–Crippen LogP) is 19.4. The predicted molar refractivity (Wildman–Crippen MR) is 421 cm³/mol. The molecule has 522 valence electrons. The monoisotopic (exact) mass is 1370 g/mol. The smallest absolute Gasteiger partial charge is 0.346 e. The van der Waals surface area contributed by atoms with Gasteiger partial charge in [-0.25, -0.2) is 34.1 Å². The first kappa shape index (κ1) is 67.9. The fourth-order valence-electron chi connectivity index (χ4n) is 16.5. The van der Waals surface area contributed by atoms with Crippen LogP contribution < -0.4 is 42.1 Å². The molecule has 15 rings (SSSR count). The lowest BCUT2D eigenvalue weighted by molar-refractivity contribution is 0.398. The SMILES string of the molecule is CCN(CC)c1ccc2c(C)c(-c3cc(-c4cc(-c5cccc(-c6cc7cc8c9c(c7oc6=O)C(C)(C)CCN9CCC8(C)C)n5)nc(-c5c(C)ccc6c(-c7c(C)c8ccc(N(CC)CC)cc8oc7=O)c(C)ccc56)c4)cc(-c4c(C)c5ccc(N(CC)CC)cc5oc4=O)n3)c(=O)oc2c1. The Kier molecular flexibility index (Phi) is 17.0. The molecule has 0 fully saturated rings. The third-order valence-corrected chi connectivity index (χ3v) is 22.5. The van der Waals surface area contributed by atoms with E-state index in [1.165, 1.54) is 11.3 Å². The summed E-state index contributed by atoms with van der Waals surface area (Å²) < 4.78 is 25.5. The van der Waals surface area contributed by atoms with Gasteiger partial charge >= 0.3 is 22.5 Å². The molecule has 6 aromatic carbocycles. The molecule has 2 aliphatic rings. The van der Waals surface area contributed by atoms with Gasteiger partial charge in [0.1, 0.15) is 22.3 Å². The zero-order chi connectivity index (χ0) is 72.4. The molecular formula is C88H87N7O8. The van der Waals surface area contributed by atoms with Crippen LogP contribution in [0.25, 0.3) is 133 Å². The van der Waals surface area contributed by atoms with Crippen LogP contribution in [0.4, 0.5) is 22.7 Å². The van der Waals surface area contributed by atoms with Gasteiger partial charge in [-0.15, -0.1) is 0 Å². The standard InChI is InChI=1S/C88H87N7O8/c1-16-92(17-2)56-27-32-59-50(9)77(84(97)100-72(59)45-56)70-43-54(44-71(91-70)78-51(10)60-33-28-57(93(18-3)19-4)46-73(60)101-85(78)98)53-41-68(67-24-22-23-66(89-67)64-39-55-40-65-81-80(82(55)103-83(64)96)88(14,15)36-38-95(81)37-35-87(65,12)13)90-69(42-53)75-48(7)25-31-63-62(75)30-26-49(8)76(63)79-52(11)61-34-29-58(94(20-5)21-6)47-74(61)102-86(79)99/h22-34,39-47H,16-21,35-38H2,1-15H3. The first-order valence-corrected chi connectivity index (χ1v) is 36.4. The van der Waals surface area contributed by atoms with Crippen molar-refractivity contribution < 1.29 is 17.7 Å². The summed E-state index contributed by atoms with van der Waals surface area (Å²) in [7, 11) is 0. The van der Waals surface area contributed by atoms with Crippen LogP contribution in [0.2, 0.25) is 0 Å². The van der Waals surface area contributed by atoms with Crippen LogP contribution in [0.1, 0.15) is 121 Å². The Bertz CT molecular complexity index is 5810. The Morgan fingerprint density at radius 1 is 0.398 bits per heavy atom. The second-order valence-electron chi connectivity index (χ2n) is 29.3. The molecule has 15 nitrogen and oxygen atoms in total. The molecule has 0 bridgehead atoms. The molecule has 0 N–H and O–H groups in total. The van der Waals surface area contributed by atoms with E-state index in [0.717, 1.165) is 148 Å². The maximum atomic E-state index is 15.0.